The molecule has 0 bridgehead atoms. The molecule has 0 unspecified atom stereocenters. The van der Waals surface area contributed by atoms with E-state index in [1.807, 2.05) is 43.3 Å². The summed E-state index contributed by atoms with van der Waals surface area (Å²) in [5.41, 5.74) is 1.97. The van der Waals surface area contributed by atoms with Gasteiger partial charge in [0.1, 0.15) is 18.1 Å². The number of benzene rings is 1. The van der Waals surface area contributed by atoms with Crippen LogP contribution >= 0.6 is 0 Å². The Kier molecular flexibility index (Phi) is 4.04. The minimum absolute atomic E-state index is 0.123. The third-order valence-electron chi connectivity index (χ3n) is 4.38. The zero-order chi connectivity index (χ0) is 18.1. The number of fused-ring (bicyclic) bond motifs is 1. The third kappa shape index (κ3) is 2.67. The highest BCUT2D eigenvalue weighted by Gasteiger charge is 2.28. The molecule has 0 saturated carbocycles. The molecule has 2 aromatic heterocycles. The molecule has 0 aliphatic carbocycles. The topological polar surface area (TPSA) is 69.5 Å². The predicted octanol–water partition coefficient (Wildman–Crippen LogP) is 2.62. The summed E-state index contributed by atoms with van der Waals surface area (Å²) in [6.45, 7) is 2.77. The second-order valence-electron chi connectivity index (χ2n) is 5.88. The van der Waals surface area contributed by atoms with Crippen LogP contribution in [0.15, 0.2) is 48.8 Å². The molecule has 3 heterocycles. The number of carbonyl (C=O) groups excluding carboxylic acids is 1. The number of carbonyl (C=O) groups is 1. The Hall–Kier alpha value is -3.35. The lowest BCUT2D eigenvalue weighted by Crippen LogP contribution is -2.38. The Labute approximate surface area is 150 Å². The van der Waals surface area contributed by atoms with Crippen molar-refractivity contribution in [3.05, 3.63) is 60.0 Å². The first-order valence-corrected chi connectivity index (χ1v) is 8.28. The fourth-order valence-corrected chi connectivity index (χ4v) is 3.01. The molecule has 132 valence electrons. The maximum absolute atomic E-state index is 13.2. The third-order valence-corrected chi connectivity index (χ3v) is 4.38. The number of nitrogens with zero attached hydrogens (tertiary/aromatic N) is 4. The van der Waals surface area contributed by atoms with E-state index in [9.17, 15) is 4.79 Å². The minimum Gasteiger partial charge on any atom is -0.497 e. The number of aromatic nitrogens is 3. The van der Waals surface area contributed by atoms with Crippen molar-refractivity contribution >= 4 is 11.6 Å². The van der Waals surface area contributed by atoms with Crippen molar-refractivity contribution < 1.29 is 14.3 Å². The Balaban J connectivity index is 1.71. The zero-order valence-electron chi connectivity index (χ0n) is 14.5. The number of rotatable bonds is 3. The van der Waals surface area contributed by atoms with Gasteiger partial charge in [-0.2, -0.15) is 5.10 Å². The summed E-state index contributed by atoms with van der Waals surface area (Å²) in [5.74, 6) is 1.89. The Morgan fingerprint density at radius 3 is 2.92 bits per heavy atom. The Morgan fingerprint density at radius 1 is 1.27 bits per heavy atom. The van der Waals surface area contributed by atoms with Gasteiger partial charge in [-0.15, -0.1) is 0 Å². The van der Waals surface area contributed by atoms with Gasteiger partial charge in [0.2, 0.25) is 0 Å². The van der Waals surface area contributed by atoms with Crippen molar-refractivity contribution in [2.24, 2.45) is 0 Å². The van der Waals surface area contributed by atoms with Crippen LogP contribution in [0.3, 0.4) is 0 Å². The number of hydrogen-bond donors (Lipinski definition) is 0. The van der Waals surface area contributed by atoms with Crippen LogP contribution < -0.4 is 14.4 Å². The van der Waals surface area contributed by atoms with Crippen molar-refractivity contribution in [1.82, 2.24) is 14.8 Å². The van der Waals surface area contributed by atoms with E-state index in [4.69, 9.17) is 9.47 Å². The van der Waals surface area contributed by atoms with Gasteiger partial charge in [-0.25, -0.2) is 9.67 Å². The second kappa shape index (κ2) is 6.51. The first kappa shape index (κ1) is 16.1. The van der Waals surface area contributed by atoms with Gasteiger partial charge in [0.15, 0.2) is 5.82 Å². The predicted molar refractivity (Wildman–Crippen MR) is 96.3 cm³/mol. The van der Waals surface area contributed by atoms with Gasteiger partial charge in [-0.1, -0.05) is 6.07 Å². The molecule has 0 fully saturated rings. The normalized spacial score (nSPS) is 13.1. The highest BCUT2D eigenvalue weighted by molar-refractivity contribution is 6.07. The van der Waals surface area contributed by atoms with Crippen molar-refractivity contribution in [3.8, 4) is 17.3 Å². The van der Waals surface area contributed by atoms with E-state index in [0.29, 0.717) is 41.7 Å². The molecule has 1 aliphatic heterocycles. The molecule has 0 N–H and O–H groups in total. The molecule has 7 heteroatoms. The lowest BCUT2D eigenvalue weighted by Gasteiger charge is -2.29. The molecule has 0 saturated heterocycles. The fraction of sp³-hybridized carbons (Fsp3) is 0.211. The van der Waals surface area contributed by atoms with Gasteiger partial charge in [0, 0.05) is 12.3 Å². The number of anilines is 1. The average molecular weight is 350 g/mol. The molecule has 0 atom stereocenters. The van der Waals surface area contributed by atoms with Gasteiger partial charge in [-0.05, 0) is 31.2 Å². The monoisotopic (exact) mass is 350 g/mol. The van der Waals surface area contributed by atoms with Crippen LogP contribution in [0.1, 0.15) is 16.1 Å². The molecule has 7 nitrogen and oxygen atoms in total. The minimum atomic E-state index is -0.123. The number of ether oxygens (including phenoxy) is 2. The van der Waals surface area contributed by atoms with E-state index >= 15 is 0 Å². The molecule has 1 aliphatic rings. The molecule has 1 aromatic carbocycles. The lowest BCUT2D eigenvalue weighted by molar-refractivity contribution is 0.0976. The molecule has 3 aromatic rings. The zero-order valence-corrected chi connectivity index (χ0v) is 14.5. The summed E-state index contributed by atoms with van der Waals surface area (Å²) < 4.78 is 12.6. The number of hydrogen-bond acceptors (Lipinski definition) is 5. The summed E-state index contributed by atoms with van der Waals surface area (Å²) >= 11 is 0. The van der Waals surface area contributed by atoms with Crippen LogP contribution in [0.25, 0.3) is 5.82 Å². The lowest BCUT2D eigenvalue weighted by atomic mass is 10.1. The smallest absolute Gasteiger partial charge is 0.261 e. The first-order valence-electron chi connectivity index (χ1n) is 8.28. The molecule has 4 rings (SSSR count). The van der Waals surface area contributed by atoms with E-state index < -0.39 is 0 Å². The molecular weight excluding hydrogens is 332 g/mol. The number of pyridine rings is 1. The van der Waals surface area contributed by atoms with Crippen LogP contribution in [0.2, 0.25) is 0 Å². The second-order valence-corrected chi connectivity index (χ2v) is 5.88. The van der Waals surface area contributed by atoms with Crippen LogP contribution in [0.5, 0.6) is 11.5 Å². The van der Waals surface area contributed by atoms with Crippen molar-refractivity contribution in [1.29, 1.82) is 0 Å². The molecule has 0 spiro atoms. The highest BCUT2D eigenvalue weighted by atomic mass is 16.5. The highest BCUT2D eigenvalue weighted by Crippen LogP contribution is 2.36. The van der Waals surface area contributed by atoms with E-state index in [1.54, 1.807) is 29.1 Å². The molecule has 1 amide bonds. The molecule has 0 radical (unpaired) electrons. The van der Waals surface area contributed by atoms with Gasteiger partial charge < -0.3 is 14.4 Å². The quantitative estimate of drug-likeness (QED) is 0.726. The largest absolute Gasteiger partial charge is 0.497 e. The van der Waals surface area contributed by atoms with Gasteiger partial charge in [0.05, 0.1) is 36.8 Å². The summed E-state index contributed by atoms with van der Waals surface area (Å²) in [4.78, 5) is 19.2. The summed E-state index contributed by atoms with van der Waals surface area (Å²) in [6.07, 6.45) is 3.28. The van der Waals surface area contributed by atoms with E-state index in [1.165, 1.54) is 0 Å². The van der Waals surface area contributed by atoms with Gasteiger partial charge >= 0.3 is 0 Å². The average Bonchev–Trinajstić information content (AvgIpc) is 3.08. The van der Waals surface area contributed by atoms with Crippen LogP contribution in [-0.2, 0) is 0 Å². The number of amides is 1. The molecule has 26 heavy (non-hydrogen) atoms. The van der Waals surface area contributed by atoms with Crippen LogP contribution in [0.4, 0.5) is 5.69 Å². The van der Waals surface area contributed by atoms with Crippen molar-refractivity contribution in [2.75, 3.05) is 25.2 Å². The van der Waals surface area contributed by atoms with E-state index in [-0.39, 0.29) is 5.91 Å². The summed E-state index contributed by atoms with van der Waals surface area (Å²) in [7, 11) is 1.60. The summed E-state index contributed by atoms with van der Waals surface area (Å²) in [6, 6.07) is 11.0. The van der Waals surface area contributed by atoms with Gasteiger partial charge in [0.25, 0.3) is 5.91 Å². The maximum atomic E-state index is 13.2. The summed E-state index contributed by atoms with van der Waals surface area (Å²) in [5, 5.41) is 4.34. The maximum Gasteiger partial charge on any atom is 0.261 e. The fourth-order valence-electron chi connectivity index (χ4n) is 3.01. The van der Waals surface area contributed by atoms with E-state index in [0.717, 1.165) is 5.69 Å². The van der Waals surface area contributed by atoms with Crippen LogP contribution in [0, 0.1) is 6.92 Å². The Bertz CT molecular complexity index is 953. The standard InChI is InChI=1S/C19H18N4O3/c1-13-15(12-21-23(13)18-5-3-4-8-20-18)19(24)22-9-10-26-17-7-6-14(25-2)11-16(17)22/h3-8,11-12H,9-10H2,1-2H3. The van der Waals surface area contributed by atoms with Gasteiger partial charge in [-0.3, -0.25) is 4.79 Å². The number of methoxy groups -OCH3 is 1. The SMILES string of the molecule is COc1ccc2c(c1)N(C(=O)c1cnn(-c3ccccn3)c1C)CCO2. The van der Waals surface area contributed by atoms with Crippen LogP contribution in [-0.4, -0.2) is 40.9 Å². The van der Waals surface area contributed by atoms with Crippen molar-refractivity contribution in [3.63, 3.8) is 0 Å². The Morgan fingerprint density at radius 2 is 2.15 bits per heavy atom. The first-order chi connectivity index (χ1) is 12.7. The van der Waals surface area contributed by atoms with Crippen molar-refractivity contribution in [2.45, 2.75) is 6.92 Å². The molecular formula is C19H18N4O3. The van der Waals surface area contributed by atoms with E-state index in [2.05, 4.69) is 10.1 Å².